The van der Waals surface area contributed by atoms with Gasteiger partial charge < -0.3 is 0 Å². The van der Waals surface area contributed by atoms with Crippen molar-refractivity contribution in [3.63, 3.8) is 0 Å². The highest BCUT2D eigenvalue weighted by Gasteiger charge is 1.98. The Hall–Kier alpha value is -0.540. The van der Waals surface area contributed by atoms with Gasteiger partial charge in [-0.3, -0.25) is 4.21 Å². The van der Waals surface area contributed by atoms with Crippen LogP contribution in [0.1, 0.15) is 39.0 Å². The van der Waals surface area contributed by atoms with Crippen molar-refractivity contribution in [2.75, 3.05) is 18.1 Å². The molecule has 0 aromatic carbocycles. The van der Waals surface area contributed by atoms with Gasteiger partial charge in [-0.15, -0.1) is 0 Å². The highest BCUT2D eigenvalue weighted by molar-refractivity contribution is 7.84. The fraction of sp³-hybridized carbons (Fsp3) is 1.00. The first-order chi connectivity index (χ1) is 6.81. The second kappa shape index (κ2) is 10.5. The van der Waals surface area contributed by atoms with E-state index in [0.717, 1.165) is 30.8 Å². The van der Waals surface area contributed by atoms with Crippen LogP contribution < -0.4 is 0 Å². The highest BCUT2D eigenvalue weighted by atomic mass is 32.2. The predicted octanol–water partition coefficient (Wildman–Crippen LogP) is 3.02. The third-order valence-corrected chi connectivity index (χ3v) is 3.41. The summed E-state index contributed by atoms with van der Waals surface area (Å²) < 4.78 is 11.4. The minimum absolute atomic E-state index is 0.530. The van der Waals surface area contributed by atoms with Gasteiger partial charge in [0.05, 0.1) is 0 Å². The second-order valence-corrected chi connectivity index (χ2v) is 4.91. The summed E-state index contributed by atoms with van der Waals surface area (Å²) in [5.41, 5.74) is 8.02. The normalized spacial score (nSPS) is 12.1. The Balaban J connectivity index is 3.22. The maximum Gasteiger partial charge on any atom is 0.0258 e. The number of nitrogens with zero attached hydrogens (tertiary/aromatic N) is 3. The van der Waals surface area contributed by atoms with E-state index in [1.807, 2.05) is 0 Å². The average Bonchev–Trinajstić information content (AvgIpc) is 2.18. The van der Waals surface area contributed by atoms with E-state index < -0.39 is 10.8 Å². The molecule has 0 aliphatic rings. The first-order valence-corrected chi connectivity index (χ1v) is 6.66. The number of hydrogen-bond donors (Lipinski definition) is 0. The molecule has 0 bridgehead atoms. The zero-order valence-electron chi connectivity index (χ0n) is 8.81. The molecule has 0 saturated carbocycles. The summed E-state index contributed by atoms with van der Waals surface area (Å²) in [6, 6.07) is 0. The highest BCUT2D eigenvalue weighted by Crippen LogP contribution is 1.99. The fourth-order valence-corrected chi connectivity index (χ4v) is 2.36. The lowest BCUT2D eigenvalue weighted by molar-refractivity contribution is 0.671. The molecule has 1 atom stereocenters. The van der Waals surface area contributed by atoms with Gasteiger partial charge in [0.15, 0.2) is 0 Å². The fourth-order valence-electron chi connectivity index (χ4n) is 1.11. The summed E-state index contributed by atoms with van der Waals surface area (Å²) >= 11 is 0. The van der Waals surface area contributed by atoms with Crippen molar-refractivity contribution in [2.45, 2.75) is 39.0 Å². The minimum atomic E-state index is -0.662. The molecule has 5 heteroatoms. The molecule has 0 fully saturated rings. The molecule has 0 spiro atoms. The van der Waals surface area contributed by atoms with E-state index in [-0.39, 0.29) is 0 Å². The van der Waals surface area contributed by atoms with Crippen LogP contribution in [-0.2, 0) is 10.8 Å². The van der Waals surface area contributed by atoms with Crippen LogP contribution in [-0.4, -0.2) is 22.3 Å². The van der Waals surface area contributed by atoms with Gasteiger partial charge >= 0.3 is 0 Å². The van der Waals surface area contributed by atoms with Gasteiger partial charge in [0.25, 0.3) is 0 Å². The van der Waals surface area contributed by atoms with E-state index in [4.69, 9.17) is 5.53 Å². The third-order valence-electron chi connectivity index (χ3n) is 1.92. The molecule has 0 aromatic heterocycles. The van der Waals surface area contributed by atoms with Crippen LogP contribution in [0.25, 0.3) is 10.4 Å². The van der Waals surface area contributed by atoms with Crippen molar-refractivity contribution in [1.82, 2.24) is 0 Å². The first-order valence-electron chi connectivity index (χ1n) is 5.17. The van der Waals surface area contributed by atoms with Crippen LogP contribution in [0.2, 0.25) is 0 Å². The molecular formula is C9H19N3OS. The SMILES string of the molecule is CCCCC[S@@](=O)CCCCN=[N+]=[N-]. The molecule has 4 nitrogen and oxygen atoms in total. The molecule has 0 aliphatic carbocycles. The van der Waals surface area contributed by atoms with Gasteiger partial charge in [-0.1, -0.05) is 24.9 Å². The quantitative estimate of drug-likeness (QED) is 0.253. The molecule has 0 N–H and O–H groups in total. The van der Waals surface area contributed by atoms with Crippen molar-refractivity contribution in [2.24, 2.45) is 5.11 Å². The van der Waals surface area contributed by atoms with Gasteiger partial charge in [0, 0.05) is 33.8 Å². The molecule has 0 radical (unpaired) electrons. The molecule has 0 heterocycles. The summed E-state index contributed by atoms with van der Waals surface area (Å²) in [5.74, 6) is 1.58. The zero-order chi connectivity index (χ0) is 10.6. The van der Waals surface area contributed by atoms with Gasteiger partial charge in [-0.2, -0.15) is 0 Å². The van der Waals surface area contributed by atoms with Crippen molar-refractivity contribution < 1.29 is 4.21 Å². The van der Waals surface area contributed by atoms with E-state index in [9.17, 15) is 4.21 Å². The average molecular weight is 217 g/mol. The summed E-state index contributed by atoms with van der Waals surface area (Å²) in [6.07, 6.45) is 5.17. The Morgan fingerprint density at radius 2 is 1.86 bits per heavy atom. The first kappa shape index (κ1) is 13.5. The summed E-state index contributed by atoms with van der Waals surface area (Å²) in [7, 11) is -0.662. The third kappa shape index (κ3) is 9.55. The molecule has 14 heavy (non-hydrogen) atoms. The largest absolute Gasteiger partial charge is 0.260 e. The van der Waals surface area contributed by atoms with E-state index >= 15 is 0 Å². The smallest absolute Gasteiger partial charge is 0.0258 e. The van der Waals surface area contributed by atoms with Gasteiger partial charge in [-0.05, 0) is 24.8 Å². The number of unbranched alkanes of at least 4 members (excludes halogenated alkanes) is 3. The van der Waals surface area contributed by atoms with Crippen LogP contribution in [0.15, 0.2) is 5.11 Å². The Bertz CT molecular complexity index is 202. The monoisotopic (exact) mass is 217 g/mol. The van der Waals surface area contributed by atoms with E-state index in [0.29, 0.717) is 6.54 Å². The van der Waals surface area contributed by atoms with E-state index in [1.54, 1.807) is 0 Å². The van der Waals surface area contributed by atoms with Crippen LogP contribution in [0.5, 0.6) is 0 Å². The van der Waals surface area contributed by atoms with Crippen molar-refractivity contribution in [3.05, 3.63) is 10.4 Å². The van der Waals surface area contributed by atoms with Crippen LogP contribution in [0.3, 0.4) is 0 Å². The number of hydrogen-bond acceptors (Lipinski definition) is 2. The molecular weight excluding hydrogens is 198 g/mol. The minimum Gasteiger partial charge on any atom is -0.260 e. The summed E-state index contributed by atoms with van der Waals surface area (Å²) in [6.45, 7) is 2.67. The van der Waals surface area contributed by atoms with Gasteiger partial charge in [-0.25, -0.2) is 0 Å². The maximum atomic E-state index is 11.4. The lowest BCUT2D eigenvalue weighted by Gasteiger charge is -2.00. The van der Waals surface area contributed by atoms with Crippen LogP contribution >= 0.6 is 0 Å². The predicted molar refractivity (Wildman–Crippen MR) is 60.6 cm³/mol. The van der Waals surface area contributed by atoms with Gasteiger partial charge in [0.1, 0.15) is 0 Å². The Morgan fingerprint density at radius 1 is 1.21 bits per heavy atom. The van der Waals surface area contributed by atoms with Crippen molar-refractivity contribution in [3.8, 4) is 0 Å². The second-order valence-electron chi connectivity index (χ2n) is 3.22. The Labute approximate surface area is 88.2 Å². The van der Waals surface area contributed by atoms with Crippen molar-refractivity contribution >= 4 is 10.8 Å². The lowest BCUT2D eigenvalue weighted by atomic mass is 10.3. The standard InChI is InChI=1S/C9H19N3OS/c1-2-3-5-8-14(13)9-6-4-7-11-12-10/h2-9H2,1H3/t14-/m1/s1. The maximum absolute atomic E-state index is 11.4. The van der Waals surface area contributed by atoms with E-state index in [2.05, 4.69) is 16.9 Å². The summed E-state index contributed by atoms with van der Waals surface area (Å²) in [5, 5.41) is 3.43. The number of rotatable bonds is 9. The Morgan fingerprint density at radius 3 is 2.43 bits per heavy atom. The van der Waals surface area contributed by atoms with Crippen LogP contribution in [0.4, 0.5) is 0 Å². The summed E-state index contributed by atoms with van der Waals surface area (Å²) in [4.78, 5) is 2.66. The van der Waals surface area contributed by atoms with E-state index in [1.165, 1.54) is 12.8 Å². The van der Waals surface area contributed by atoms with Crippen molar-refractivity contribution in [1.29, 1.82) is 0 Å². The molecule has 0 unspecified atom stereocenters. The molecule has 82 valence electrons. The molecule has 0 amide bonds. The molecule has 0 aromatic rings. The zero-order valence-corrected chi connectivity index (χ0v) is 9.63. The molecule has 0 aliphatic heterocycles. The molecule has 0 saturated heterocycles. The number of azide groups is 1. The topological polar surface area (TPSA) is 65.8 Å². The van der Waals surface area contributed by atoms with Gasteiger partial charge in [0.2, 0.25) is 0 Å². The molecule has 0 rings (SSSR count). The van der Waals surface area contributed by atoms with Crippen LogP contribution in [0, 0.1) is 0 Å². The lowest BCUT2D eigenvalue weighted by Crippen LogP contribution is -2.03. The Kier molecular flexibility index (Phi) is 10.1.